The Labute approximate surface area is 111 Å². The third-order valence-electron chi connectivity index (χ3n) is 3.16. The molecule has 0 bridgehead atoms. The molecule has 1 fully saturated rings. The second-order valence-corrected chi connectivity index (χ2v) is 6.41. The van der Waals surface area contributed by atoms with Crippen molar-refractivity contribution in [3.63, 3.8) is 0 Å². The molecule has 2 heterocycles. The molecule has 0 spiro atoms. The van der Waals surface area contributed by atoms with Crippen molar-refractivity contribution < 1.29 is 17.7 Å². The van der Waals surface area contributed by atoms with E-state index in [0.29, 0.717) is 25.1 Å². The van der Waals surface area contributed by atoms with Gasteiger partial charge in [-0.1, -0.05) is 5.16 Å². The molecule has 1 saturated heterocycles. The summed E-state index contributed by atoms with van der Waals surface area (Å²) >= 11 is 0. The number of hydrogen-bond donors (Lipinski definition) is 0. The molecule has 2 rings (SSSR count). The van der Waals surface area contributed by atoms with Crippen LogP contribution in [-0.2, 0) is 14.8 Å². The first-order chi connectivity index (χ1) is 8.96. The zero-order valence-electron chi connectivity index (χ0n) is 10.8. The normalized spacial score (nSPS) is 21.1. The Morgan fingerprint density at radius 1 is 1.47 bits per heavy atom. The number of aliphatic imine (C=N–C) groups is 1. The molecule has 104 valence electrons. The Morgan fingerprint density at radius 2 is 2.21 bits per heavy atom. The summed E-state index contributed by atoms with van der Waals surface area (Å²) in [5.41, 5.74) is 0.346. The van der Waals surface area contributed by atoms with Gasteiger partial charge in [0, 0.05) is 13.1 Å². The van der Waals surface area contributed by atoms with E-state index in [0.717, 1.165) is 0 Å². The van der Waals surface area contributed by atoms with E-state index in [1.54, 1.807) is 13.8 Å². The van der Waals surface area contributed by atoms with Crippen LogP contribution in [0.1, 0.15) is 24.3 Å². The lowest BCUT2D eigenvalue weighted by atomic mass is 10.1. The van der Waals surface area contributed by atoms with Gasteiger partial charge in [-0.2, -0.15) is 4.31 Å². The van der Waals surface area contributed by atoms with E-state index in [-0.39, 0.29) is 23.2 Å². The first kappa shape index (κ1) is 13.9. The average Bonchev–Trinajstić information content (AvgIpc) is 2.70. The molecule has 0 amide bonds. The summed E-state index contributed by atoms with van der Waals surface area (Å²) in [5, 5.41) is 3.67. The number of nitrogens with zero attached hydrogens (tertiary/aromatic N) is 3. The van der Waals surface area contributed by atoms with Gasteiger partial charge < -0.3 is 4.52 Å². The summed E-state index contributed by atoms with van der Waals surface area (Å²) in [6, 6.07) is -0.318. The summed E-state index contributed by atoms with van der Waals surface area (Å²) in [4.78, 5) is 14.0. The van der Waals surface area contributed by atoms with Gasteiger partial charge in [-0.05, 0) is 26.7 Å². The first-order valence-corrected chi connectivity index (χ1v) is 7.41. The second-order valence-electron chi connectivity index (χ2n) is 4.53. The van der Waals surface area contributed by atoms with Gasteiger partial charge in [-0.15, -0.1) is 0 Å². The third-order valence-corrected chi connectivity index (χ3v) is 5.27. The van der Waals surface area contributed by atoms with Crippen LogP contribution in [0.3, 0.4) is 0 Å². The Bertz CT molecular complexity index is 596. The van der Waals surface area contributed by atoms with Crippen molar-refractivity contribution in [3.8, 4) is 0 Å². The molecule has 0 saturated carbocycles. The highest BCUT2D eigenvalue weighted by atomic mass is 32.2. The number of aryl methyl sites for hydroxylation is 2. The number of aromatic nitrogens is 1. The number of isocyanates is 1. The van der Waals surface area contributed by atoms with Crippen LogP contribution in [0.5, 0.6) is 0 Å². The van der Waals surface area contributed by atoms with Gasteiger partial charge in [0.25, 0.3) is 0 Å². The molecule has 1 unspecified atom stereocenters. The Balaban J connectivity index is 2.32. The van der Waals surface area contributed by atoms with Crippen LogP contribution in [0, 0.1) is 13.8 Å². The van der Waals surface area contributed by atoms with E-state index in [4.69, 9.17) is 4.52 Å². The third kappa shape index (κ3) is 2.60. The van der Waals surface area contributed by atoms with Crippen LogP contribution in [0.25, 0.3) is 0 Å². The highest BCUT2D eigenvalue weighted by Gasteiger charge is 2.34. The summed E-state index contributed by atoms with van der Waals surface area (Å²) < 4.78 is 31.3. The largest absolute Gasteiger partial charge is 0.360 e. The summed E-state index contributed by atoms with van der Waals surface area (Å²) in [7, 11) is -3.64. The molecule has 1 aliphatic rings. The molecule has 7 nitrogen and oxygen atoms in total. The van der Waals surface area contributed by atoms with E-state index in [1.165, 1.54) is 10.4 Å². The van der Waals surface area contributed by atoms with Crippen LogP contribution in [0.2, 0.25) is 0 Å². The smallest absolute Gasteiger partial charge is 0.248 e. The lowest BCUT2D eigenvalue weighted by Gasteiger charge is -2.29. The molecular formula is C11H15N3O4S. The van der Waals surface area contributed by atoms with E-state index in [2.05, 4.69) is 10.1 Å². The number of rotatable bonds is 3. The maximum absolute atomic E-state index is 12.5. The lowest BCUT2D eigenvalue weighted by molar-refractivity contribution is 0.315. The molecule has 0 aromatic carbocycles. The van der Waals surface area contributed by atoms with Crippen LogP contribution >= 0.6 is 0 Å². The Kier molecular flexibility index (Phi) is 3.84. The van der Waals surface area contributed by atoms with Crippen molar-refractivity contribution in [2.24, 2.45) is 4.99 Å². The molecule has 8 heteroatoms. The molecule has 1 aromatic heterocycles. The van der Waals surface area contributed by atoms with Gasteiger partial charge in [-0.3, -0.25) is 0 Å². The quantitative estimate of drug-likeness (QED) is 0.604. The fourth-order valence-corrected chi connectivity index (χ4v) is 4.10. The number of piperidine rings is 1. The van der Waals surface area contributed by atoms with Crippen molar-refractivity contribution in [1.29, 1.82) is 0 Å². The molecule has 19 heavy (non-hydrogen) atoms. The Morgan fingerprint density at radius 3 is 2.79 bits per heavy atom. The monoisotopic (exact) mass is 285 g/mol. The fraction of sp³-hybridized carbons (Fsp3) is 0.636. The van der Waals surface area contributed by atoms with Crippen molar-refractivity contribution in [1.82, 2.24) is 9.46 Å². The standard InChI is InChI=1S/C11H15N3O4S/c1-8-11(9(2)18-13-8)19(16,17)14-5-3-4-10(6-14)12-7-15/h10H,3-6H2,1-2H3. The zero-order chi connectivity index (χ0) is 14.0. The molecule has 1 aliphatic heterocycles. The Hall–Kier alpha value is -1.50. The topological polar surface area (TPSA) is 92.8 Å². The number of hydrogen-bond acceptors (Lipinski definition) is 6. The van der Waals surface area contributed by atoms with Gasteiger partial charge in [0.2, 0.25) is 16.1 Å². The van der Waals surface area contributed by atoms with Crippen LogP contribution < -0.4 is 0 Å². The van der Waals surface area contributed by atoms with Crippen LogP contribution in [0.15, 0.2) is 14.4 Å². The van der Waals surface area contributed by atoms with Gasteiger partial charge in [0.1, 0.15) is 10.6 Å². The van der Waals surface area contributed by atoms with Gasteiger partial charge >= 0.3 is 0 Å². The van der Waals surface area contributed by atoms with Crippen molar-refractivity contribution >= 4 is 16.1 Å². The van der Waals surface area contributed by atoms with Crippen molar-refractivity contribution in [2.45, 2.75) is 37.6 Å². The molecule has 1 atom stereocenters. The minimum atomic E-state index is -3.64. The van der Waals surface area contributed by atoms with Gasteiger partial charge in [0.15, 0.2) is 5.76 Å². The minimum absolute atomic E-state index is 0.114. The average molecular weight is 285 g/mol. The van der Waals surface area contributed by atoms with Crippen LogP contribution in [-0.4, -0.2) is 43.1 Å². The molecule has 0 N–H and O–H groups in total. The number of carbonyl (C=O) groups excluding carboxylic acids is 1. The predicted octanol–water partition coefficient (Wildman–Crippen LogP) is 0.780. The van der Waals surface area contributed by atoms with Crippen LogP contribution in [0.4, 0.5) is 0 Å². The summed E-state index contributed by atoms with van der Waals surface area (Å²) in [6.45, 7) is 3.77. The maximum Gasteiger partial charge on any atom is 0.248 e. The summed E-state index contributed by atoms with van der Waals surface area (Å²) in [6.07, 6.45) is 2.85. The van der Waals surface area contributed by atoms with Crippen molar-refractivity contribution in [2.75, 3.05) is 13.1 Å². The van der Waals surface area contributed by atoms with E-state index in [9.17, 15) is 13.2 Å². The molecule has 0 aliphatic carbocycles. The number of sulfonamides is 1. The predicted molar refractivity (Wildman–Crippen MR) is 65.9 cm³/mol. The zero-order valence-corrected chi connectivity index (χ0v) is 11.6. The van der Waals surface area contributed by atoms with Gasteiger partial charge in [0.05, 0.1) is 6.04 Å². The second kappa shape index (κ2) is 5.24. The van der Waals surface area contributed by atoms with Crippen molar-refractivity contribution in [3.05, 3.63) is 11.5 Å². The first-order valence-electron chi connectivity index (χ1n) is 5.97. The molecule has 0 radical (unpaired) electrons. The highest BCUT2D eigenvalue weighted by molar-refractivity contribution is 7.89. The summed E-state index contributed by atoms with van der Waals surface area (Å²) in [5.74, 6) is 0.276. The highest BCUT2D eigenvalue weighted by Crippen LogP contribution is 2.26. The van der Waals surface area contributed by atoms with E-state index in [1.807, 2.05) is 0 Å². The minimum Gasteiger partial charge on any atom is -0.360 e. The maximum atomic E-state index is 12.5. The lowest BCUT2D eigenvalue weighted by Crippen LogP contribution is -2.41. The SMILES string of the molecule is Cc1noc(C)c1S(=O)(=O)N1CCCC(N=C=O)C1. The van der Waals surface area contributed by atoms with E-state index >= 15 is 0 Å². The van der Waals surface area contributed by atoms with E-state index < -0.39 is 10.0 Å². The van der Waals surface area contributed by atoms with Gasteiger partial charge in [-0.25, -0.2) is 18.2 Å². The molecular weight excluding hydrogens is 270 g/mol. The fourth-order valence-electron chi connectivity index (χ4n) is 2.29. The molecule has 1 aromatic rings.